The van der Waals surface area contributed by atoms with Crippen LogP contribution < -0.4 is 10.6 Å². The van der Waals surface area contributed by atoms with Crippen LogP contribution in [-0.2, 0) is 27.2 Å². The van der Waals surface area contributed by atoms with Gasteiger partial charge >= 0.3 is 12.1 Å². The number of amides is 2. The summed E-state index contributed by atoms with van der Waals surface area (Å²) in [6.45, 7) is 5.16. The molecule has 30 heavy (non-hydrogen) atoms. The molecular formula is C23H28N2O5. The molecule has 0 saturated heterocycles. The summed E-state index contributed by atoms with van der Waals surface area (Å²) in [5.41, 5.74) is 0.878. The molecule has 7 nitrogen and oxygen atoms in total. The van der Waals surface area contributed by atoms with Crippen molar-refractivity contribution < 1.29 is 24.2 Å². The van der Waals surface area contributed by atoms with E-state index in [0.29, 0.717) is 0 Å². The number of rotatable bonds is 8. The summed E-state index contributed by atoms with van der Waals surface area (Å²) in [5, 5.41) is 14.7. The monoisotopic (exact) mass is 412 g/mol. The van der Waals surface area contributed by atoms with Gasteiger partial charge in [-0.3, -0.25) is 4.79 Å². The average molecular weight is 412 g/mol. The van der Waals surface area contributed by atoms with Crippen LogP contribution in [0.25, 0.3) is 0 Å². The lowest BCUT2D eigenvalue weighted by Gasteiger charge is -2.24. The maximum absolute atomic E-state index is 12.9. The molecule has 0 aromatic heterocycles. The number of hydrogen-bond acceptors (Lipinski definition) is 4. The van der Waals surface area contributed by atoms with Crippen molar-refractivity contribution in [3.05, 3.63) is 71.8 Å². The van der Waals surface area contributed by atoms with Gasteiger partial charge in [-0.25, -0.2) is 9.59 Å². The number of benzene rings is 2. The molecule has 0 saturated carbocycles. The van der Waals surface area contributed by atoms with E-state index in [2.05, 4.69) is 10.6 Å². The molecule has 160 valence electrons. The number of alkyl carbamates (subject to hydrolysis) is 1. The van der Waals surface area contributed by atoms with Crippen molar-refractivity contribution in [3.8, 4) is 0 Å². The van der Waals surface area contributed by atoms with E-state index in [1.807, 2.05) is 36.4 Å². The number of carboxylic acid groups (broad SMARTS) is 1. The Morgan fingerprint density at radius 1 is 0.833 bits per heavy atom. The van der Waals surface area contributed by atoms with Crippen molar-refractivity contribution in [2.45, 2.75) is 51.3 Å². The highest BCUT2D eigenvalue weighted by Gasteiger charge is 2.28. The van der Waals surface area contributed by atoms with Gasteiger partial charge in [-0.15, -0.1) is 0 Å². The molecule has 0 aliphatic carbocycles. The van der Waals surface area contributed by atoms with E-state index in [1.165, 1.54) is 0 Å². The summed E-state index contributed by atoms with van der Waals surface area (Å²) in [6, 6.07) is 16.1. The van der Waals surface area contributed by atoms with E-state index < -0.39 is 35.7 Å². The fourth-order valence-corrected chi connectivity index (χ4v) is 2.83. The molecule has 0 radical (unpaired) electrons. The Balaban J connectivity index is 2.14. The van der Waals surface area contributed by atoms with Crippen LogP contribution in [0, 0.1) is 0 Å². The summed E-state index contributed by atoms with van der Waals surface area (Å²) in [4.78, 5) is 36.9. The van der Waals surface area contributed by atoms with Crippen LogP contribution in [0.4, 0.5) is 4.79 Å². The average Bonchev–Trinajstić information content (AvgIpc) is 2.67. The van der Waals surface area contributed by atoms with Crippen molar-refractivity contribution >= 4 is 18.0 Å². The summed E-state index contributed by atoms with van der Waals surface area (Å²) in [5.74, 6) is -1.74. The number of carbonyl (C=O) groups is 3. The van der Waals surface area contributed by atoms with Gasteiger partial charge in [0.15, 0.2) is 0 Å². The second-order valence-electron chi connectivity index (χ2n) is 7.98. The second-order valence-corrected chi connectivity index (χ2v) is 7.98. The van der Waals surface area contributed by atoms with Gasteiger partial charge < -0.3 is 20.5 Å². The minimum absolute atomic E-state index is 0.131. The number of ether oxygens (including phenoxy) is 1. The predicted octanol–water partition coefficient (Wildman–Crippen LogP) is 2.93. The Kier molecular flexibility index (Phi) is 7.98. The van der Waals surface area contributed by atoms with Crippen LogP contribution in [0.15, 0.2) is 60.7 Å². The SMILES string of the molecule is CC(C)(C)OC(=O)N[C@@H](Cc1ccccc1)C(=O)N[C@@H](Cc1ccccc1)C(=O)O. The molecule has 0 aliphatic heterocycles. The first-order valence-electron chi connectivity index (χ1n) is 9.74. The van der Waals surface area contributed by atoms with Gasteiger partial charge in [0.25, 0.3) is 0 Å². The molecule has 0 unspecified atom stereocenters. The van der Waals surface area contributed by atoms with Crippen molar-refractivity contribution in [2.24, 2.45) is 0 Å². The van der Waals surface area contributed by atoms with Gasteiger partial charge in [-0.2, -0.15) is 0 Å². The van der Waals surface area contributed by atoms with Crippen molar-refractivity contribution in [1.29, 1.82) is 0 Å². The smallest absolute Gasteiger partial charge is 0.408 e. The molecule has 2 rings (SSSR count). The molecule has 0 spiro atoms. The first-order chi connectivity index (χ1) is 14.1. The molecule has 3 N–H and O–H groups in total. The van der Waals surface area contributed by atoms with Gasteiger partial charge in [-0.1, -0.05) is 60.7 Å². The maximum Gasteiger partial charge on any atom is 0.408 e. The fourth-order valence-electron chi connectivity index (χ4n) is 2.83. The zero-order valence-corrected chi connectivity index (χ0v) is 17.4. The minimum atomic E-state index is -1.15. The van der Waals surface area contributed by atoms with Gasteiger partial charge in [-0.05, 0) is 31.9 Å². The molecule has 2 aromatic carbocycles. The van der Waals surface area contributed by atoms with Crippen molar-refractivity contribution in [2.75, 3.05) is 0 Å². The Morgan fingerprint density at radius 2 is 1.30 bits per heavy atom. The summed E-state index contributed by atoms with van der Waals surface area (Å²) >= 11 is 0. The van der Waals surface area contributed by atoms with Crippen molar-refractivity contribution in [1.82, 2.24) is 10.6 Å². The predicted molar refractivity (Wildman–Crippen MR) is 113 cm³/mol. The topological polar surface area (TPSA) is 105 Å². The zero-order chi connectivity index (χ0) is 22.1. The Morgan fingerprint density at radius 3 is 1.73 bits per heavy atom. The molecule has 2 aromatic rings. The second kappa shape index (κ2) is 10.4. The quantitative estimate of drug-likeness (QED) is 0.618. The molecule has 7 heteroatoms. The normalized spacial score (nSPS) is 13.0. The third-order valence-electron chi connectivity index (χ3n) is 4.19. The third-order valence-corrected chi connectivity index (χ3v) is 4.19. The van der Waals surface area contributed by atoms with Gasteiger partial charge in [0.1, 0.15) is 17.7 Å². The van der Waals surface area contributed by atoms with E-state index in [4.69, 9.17) is 4.74 Å². The first-order valence-corrected chi connectivity index (χ1v) is 9.74. The van der Waals surface area contributed by atoms with Crippen LogP contribution in [0.1, 0.15) is 31.9 Å². The largest absolute Gasteiger partial charge is 0.480 e. The van der Waals surface area contributed by atoms with Crippen LogP contribution in [0.5, 0.6) is 0 Å². The standard InChI is InChI=1S/C23H28N2O5/c1-23(2,3)30-22(29)25-18(14-16-10-6-4-7-11-16)20(26)24-19(21(27)28)15-17-12-8-5-9-13-17/h4-13,18-19H,14-15H2,1-3H3,(H,24,26)(H,25,29)(H,27,28)/t18-,19-/m0/s1. The fraction of sp³-hybridized carbons (Fsp3) is 0.348. The van der Waals surface area contributed by atoms with E-state index in [1.54, 1.807) is 45.0 Å². The van der Waals surface area contributed by atoms with Crippen LogP contribution >= 0.6 is 0 Å². The Labute approximate surface area is 176 Å². The summed E-state index contributed by atoms with van der Waals surface area (Å²) in [7, 11) is 0. The Hall–Kier alpha value is -3.35. The van der Waals surface area contributed by atoms with Crippen LogP contribution in [0.2, 0.25) is 0 Å². The lowest BCUT2D eigenvalue weighted by Crippen LogP contribution is -2.53. The van der Waals surface area contributed by atoms with E-state index in [0.717, 1.165) is 11.1 Å². The molecule has 0 aliphatic rings. The lowest BCUT2D eigenvalue weighted by molar-refractivity contribution is -0.142. The van der Waals surface area contributed by atoms with Crippen molar-refractivity contribution in [3.63, 3.8) is 0 Å². The van der Waals surface area contributed by atoms with Gasteiger partial charge in [0.05, 0.1) is 0 Å². The first kappa shape index (κ1) is 22.9. The van der Waals surface area contributed by atoms with Gasteiger partial charge in [0.2, 0.25) is 5.91 Å². The highest BCUT2D eigenvalue weighted by atomic mass is 16.6. The number of nitrogens with one attached hydrogen (secondary N) is 2. The summed E-state index contributed by atoms with van der Waals surface area (Å²) < 4.78 is 5.26. The molecule has 0 heterocycles. The Bertz CT molecular complexity index is 847. The number of hydrogen-bond donors (Lipinski definition) is 3. The highest BCUT2D eigenvalue weighted by molar-refractivity contribution is 5.89. The summed E-state index contributed by atoms with van der Waals surface area (Å²) in [6.07, 6.45) is -0.413. The zero-order valence-electron chi connectivity index (χ0n) is 17.4. The maximum atomic E-state index is 12.9. The third kappa shape index (κ3) is 7.95. The molecular weight excluding hydrogens is 384 g/mol. The lowest BCUT2D eigenvalue weighted by atomic mass is 10.0. The van der Waals surface area contributed by atoms with Crippen LogP contribution in [-0.4, -0.2) is 40.8 Å². The van der Waals surface area contributed by atoms with E-state index >= 15 is 0 Å². The minimum Gasteiger partial charge on any atom is -0.480 e. The number of carboxylic acids is 1. The number of aliphatic carboxylic acids is 1. The molecule has 0 bridgehead atoms. The van der Waals surface area contributed by atoms with E-state index in [-0.39, 0.29) is 12.8 Å². The molecule has 2 amide bonds. The molecule has 2 atom stereocenters. The molecule has 0 fully saturated rings. The number of carbonyl (C=O) groups excluding carboxylic acids is 2. The van der Waals surface area contributed by atoms with Crippen LogP contribution in [0.3, 0.4) is 0 Å². The highest BCUT2D eigenvalue weighted by Crippen LogP contribution is 2.10. The van der Waals surface area contributed by atoms with Gasteiger partial charge in [0, 0.05) is 12.8 Å². The van der Waals surface area contributed by atoms with E-state index in [9.17, 15) is 19.5 Å².